The Bertz CT molecular complexity index is 2150. The summed E-state index contributed by atoms with van der Waals surface area (Å²) >= 11 is 0. The van der Waals surface area contributed by atoms with Gasteiger partial charge in [-0.2, -0.15) is 5.10 Å². The zero-order chi connectivity index (χ0) is 32.8. The molecule has 0 aliphatic carbocycles. The van der Waals surface area contributed by atoms with Crippen LogP contribution < -0.4 is 10.2 Å². The Labute approximate surface area is 273 Å². The van der Waals surface area contributed by atoms with E-state index >= 15 is 0 Å². The summed E-state index contributed by atoms with van der Waals surface area (Å²) in [6, 6.07) is 14.4. The maximum Gasteiger partial charge on any atom is 0.245 e. The van der Waals surface area contributed by atoms with E-state index in [1.807, 2.05) is 52.5 Å². The predicted molar refractivity (Wildman–Crippen MR) is 176 cm³/mol. The van der Waals surface area contributed by atoms with E-state index in [-0.39, 0.29) is 24.2 Å². The number of anilines is 2. The number of halogens is 2. The van der Waals surface area contributed by atoms with Crippen LogP contribution in [0.3, 0.4) is 0 Å². The number of nitrogens with one attached hydrogen (secondary N) is 1. The van der Waals surface area contributed by atoms with Crippen molar-refractivity contribution in [1.29, 1.82) is 0 Å². The molecule has 8 rings (SSSR count). The first kappa shape index (κ1) is 29.9. The number of hydrogen-bond donors (Lipinski definition) is 2. The summed E-state index contributed by atoms with van der Waals surface area (Å²) in [6.45, 7) is 1.90. The molecule has 2 aliphatic rings. The number of hydrogen-bond acceptors (Lipinski definition) is 9. The largest absolute Gasteiger partial charge is 0.396 e. The van der Waals surface area contributed by atoms with Crippen molar-refractivity contribution in [2.24, 2.45) is 0 Å². The number of carbonyl (C=O) groups is 1. The van der Waals surface area contributed by atoms with Gasteiger partial charge in [0.2, 0.25) is 5.91 Å². The van der Waals surface area contributed by atoms with E-state index in [2.05, 4.69) is 29.9 Å². The monoisotopic (exact) mass is 650 g/mol. The van der Waals surface area contributed by atoms with Crippen molar-refractivity contribution >= 4 is 39.6 Å². The van der Waals surface area contributed by atoms with Crippen LogP contribution in [0, 0.1) is 11.6 Å². The quantitative estimate of drug-likeness (QED) is 0.282. The summed E-state index contributed by atoms with van der Waals surface area (Å²) in [6.07, 6.45) is 6.32. The van der Waals surface area contributed by atoms with Crippen LogP contribution in [0.4, 0.5) is 20.4 Å². The Morgan fingerprint density at radius 3 is 2.79 bits per heavy atom. The Morgan fingerprint density at radius 1 is 1.02 bits per heavy atom. The van der Waals surface area contributed by atoms with Gasteiger partial charge in [0.15, 0.2) is 11.5 Å². The molecule has 2 N–H and O–H groups in total. The number of nitrogens with zero attached hydrogens (tertiary/aromatic N) is 9. The highest BCUT2D eigenvalue weighted by Gasteiger charge is 2.41. The van der Waals surface area contributed by atoms with Gasteiger partial charge in [-0.15, -0.1) is 0 Å². The van der Waals surface area contributed by atoms with Gasteiger partial charge in [0.1, 0.15) is 35.5 Å². The van der Waals surface area contributed by atoms with Gasteiger partial charge in [0.25, 0.3) is 0 Å². The molecule has 48 heavy (non-hydrogen) atoms. The third-order valence-electron chi connectivity index (χ3n) is 9.08. The van der Waals surface area contributed by atoms with Crippen LogP contribution in [0.2, 0.25) is 0 Å². The molecule has 12 nitrogen and oxygen atoms in total. The predicted octanol–water partition coefficient (Wildman–Crippen LogP) is 4.18. The van der Waals surface area contributed by atoms with Crippen molar-refractivity contribution in [2.45, 2.75) is 37.9 Å². The minimum Gasteiger partial charge on any atom is -0.396 e. The highest BCUT2D eigenvalue weighted by molar-refractivity contribution is 5.93. The summed E-state index contributed by atoms with van der Waals surface area (Å²) in [5.41, 5.74) is 4.03. The van der Waals surface area contributed by atoms with E-state index in [9.17, 15) is 18.7 Å². The molecule has 6 aromatic rings. The minimum atomic E-state index is -0.778. The fraction of sp³-hybridized carbons (Fsp3) is 0.294. The normalized spacial score (nSPS) is 18.3. The van der Waals surface area contributed by atoms with Crippen molar-refractivity contribution < 1.29 is 18.7 Å². The van der Waals surface area contributed by atoms with Gasteiger partial charge >= 0.3 is 0 Å². The van der Waals surface area contributed by atoms with Crippen LogP contribution in [0.25, 0.3) is 39.0 Å². The fourth-order valence-corrected chi connectivity index (χ4v) is 6.91. The second kappa shape index (κ2) is 12.3. The van der Waals surface area contributed by atoms with Gasteiger partial charge in [-0.25, -0.2) is 33.4 Å². The highest BCUT2D eigenvalue weighted by atomic mass is 19.1. The average Bonchev–Trinajstić information content (AvgIpc) is 3.83. The third kappa shape index (κ3) is 5.27. The van der Waals surface area contributed by atoms with Crippen LogP contribution in [0.15, 0.2) is 73.4 Å². The molecule has 6 heterocycles. The molecule has 14 heteroatoms. The molecule has 244 valence electrons. The minimum absolute atomic E-state index is 0.0369. The lowest BCUT2D eigenvalue weighted by Crippen LogP contribution is -2.47. The Balaban J connectivity index is 1.21. The smallest absolute Gasteiger partial charge is 0.245 e. The van der Waals surface area contributed by atoms with E-state index in [4.69, 9.17) is 4.98 Å². The van der Waals surface area contributed by atoms with Crippen molar-refractivity contribution in [3.63, 3.8) is 0 Å². The first-order valence-corrected chi connectivity index (χ1v) is 16.0. The van der Waals surface area contributed by atoms with E-state index in [0.717, 1.165) is 34.4 Å². The lowest BCUT2D eigenvalue weighted by atomic mass is 10.1. The topological polar surface area (TPSA) is 130 Å². The van der Waals surface area contributed by atoms with Crippen molar-refractivity contribution in [2.75, 3.05) is 36.5 Å². The lowest BCUT2D eigenvalue weighted by Gasteiger charge is -2.31. The molecule has 0 saturated carbocycles. The zero-order valence-corrected chi connectivity index (χ0v) is 25.9. The maximum atomic E-state index is 14.8. The number of rotatable bonds is 5. The van der Waals surface area contributed by atoms with Crippen LogP contribution in [0.1, 0.15) is 19.3 Å². The molecular weight excluding hydrogens is 618 g/mol. The van der Waals surface area contributed by atoms with Gasteiger partial charge in [-0.3, -0.25) is 4.79 Å². The molecule has 2 aliphatic heterocycles. The Morgan fingerprint density at radius 2 is 1.92 bits per heavy atom. The maximum absolute atomic E-state index is 14.8. The number of carbonyl (C=O) groups excluding carboxylic acids is 1. The van der Waals surface area contributed by atoms with Gasteiger partial charge in [0, 0.05) is 50.5 Å². The SMILES string of the molecule is O=C1[C@@H]2C[C@@H](CN2c2ncnc3c2cnn3-c2ccc(F)cc2F)Nc2cccc(n2)-c2cccc3ncn(c23)CCCN1CCCO. The average molecular weight is 651 g/mol. The second-order valence-corrected chi connectivity index (χ2v) is 12.1. The number of para-hydroxylation sites is 1. The highest BCUT2D eigenvalue weighted by Crippen LogP contribution is 2.34. The van der Waals surface area contributed by atoms with Crippen LogP contribution in [0.5, 0.6) is 0 Å². The van der Waals surface area contributed by atoms with Crippen LogP contribution in [-0.4, -0.2) is 88.5 Å². The van der Waals surface area contributed by atoms with Crippen molar-refractivity contribution in [3.8, 4) is 16.9 Å². The molecule has 2 aromatic carbocycles. The summed E-state index contributed by atoms with van der Waals surface area (Å²) in [7, 11) is 0. The number of amides is 1. The van der Waals surface area contributed by atoms with Gasteiger partial charge in [0.05, 0.1) is 34.6 Å². The summed E-state index contributed by atoms with van der Waals surface area (Å²) in [5.74, 6) is -0.396. The van der Waals surface area contributed by atoms with Gasteiger partial charge in [-0.1, -0.05) is 18.2 Å². The number of fused-ring (bicyclic) bond motifs is 6. The lowest BCUT2D eigenvalue weighted by molar-refractivity contribution is -0.132. The number of aliphatic hydroxyl groups is 1. The molecule has 0 spiro atoms. The van der Waals surface area contributed by atoms with Crippen molar-refractivity contribution in [3.05, 3.63) is 85.1 Å². The fourth-order valence-electron chi connectivity index (χ4n) is 6.91. The second-order valence-electron chi connectivity index (χ2n) is 12.1. The summed E-state index contributed by atoms with van der Waals surface area (Å²) in [4.78, 5) is 36.9. The Hall–Kier alpha value is -5.50. The number of aryl methyl sites for hydroxylation is 1. The van der Waals surface area contributed by atoms with Crippen LogP contribution >= 0.6 is 0 Å². The first-order valence-electron chi connectivity index (χ1n) is 16.0. The standard InChI is InChI=1S/C34H32F2N10O2/c35-21-9-10-28(25(36)15-21)46-33-24(17-40-46)32(37-19-38-33)45-18-22-16-29(45)34(48)43(13-4-14-47)11-3-12-44-20-39-27-7-1-5-23(31(27)44)26-6-2-8-30(41-22)42-26/h1-2,5-10,15,17,19-20,22,29,47H,3-4,11-14,16,18H2,(H,41,42)/t22-,29-/m0/s1. The van der Waals surface area contributed by atoms with Crippen LogP contribution in [-0.2, 0) is 11.3 Å². The zero-order valence-electron chi connectivity index (χ0n) is 25.9. The molecule has 1 amide bonds. The molecule has 2 atom stereocenters. The number of benzene rings is 2. The molecule has 4 aromatic heterocycles. The van der Waals surface area contributed by atoms with E-state index < -0.39 is 17.7 Å². The number of imidazole rings is 1. The Kier molecular flexibility index (Phi) is 7.63. The van der Waals surface area contributed by atoms with Crippen molar-refractivity contribution in [1.82, 2.24) is 39.2 Å². The molecule has 4 bridgehead atoms. The van der Waals surface area contributed by atoms with E-state index in [0.29, 0.717) is 68.1 Å². The number of aliphatic hydroxyl groups excluding tert-OH is 1. The third-order valence-corrected chi connectivity index (χ3v) is 9.08. The number of pyridine rings is 1. The van der Waals surface area contributed by atoms with E-state index in [1.165, 1.54) is 17.1 Å². The van der Waals surface area contributed by atoms with E-state index in [1.54, 1.807) is 6.20 Å². The molecular formula is C34H32F2N10O2. The van der Waals surface area contributed by atoms with Gasteiger partial charge < -0.3 is 24.8 Å². The number of aromatic nitrogens is 7. The van der Waals surface area contributed by atoms with Gasteiger partial charge in [-0.05, 0) is 49.6 Å². The molecule has 1 saturated heterocycles. The molecule has 0 unspecified atom stereocenters. The molecule has 0 radical (unpaired) electrons. The summed E-state index contributed by atoms with van der Waals surface area (Å²) < 4.78 is 31.9. The first-order chi connectivity index (χ1) is 23.5. The molecule has 1 fully saturated rings. The summed E-state index contributed by atoms with van der Waals surface area (Å²) in [5, 5.41) is 18.2.